The number of nitrogens with two attached hydrogens (primary N) is 1. The van der Waals surface area contributed by atoms with E-state index in [4.69, 9.17) is 10.3 Å². The van der Waals surface area contributed by atoms with Crippen molar-refractivity contribution in [2.45, 2.75) is 6.92 Å². The zero-order valence-electron chi connectivity index (χ0n) is 11.2. The van der Waals surface area contributed by atoms with Crippen LogP contribution in [0.15, 0.2) is 55.9 Å². The molecule has 21 heavy (non-hydrogen) atoms. The summed E-state index contributed by atoms with van der Waals surface area (Å²) in [6, 6.07) is 13.9. The standard InChI is InChI=1S/C16H12Br2N2O/c1-9-12(6-3-7-13(9)18)15-14(16(19)21-20-15)10-4-2-5-11(17)8-10/h2-8H,19H2,1H3. The molecule has 5 heteroatoms. The minimum atomic E-state index is 0.322. The second-order valence-electron chi connectivity index (χ2n) is 4.69. The Morgan fingerprint density at radius 2 is 1.86 bits per heavy atom. The highest BCUT2D eigenvalue weighted by Crippen LogP contribution is 2.39. The van der Waals surface area contributed by atoms with Gasteiger partial charge in [0, 0.05) is 14.5 Å². The number of benzene rings is 2. The second-order valence-corrected chi connectivity index (χ2v) is 6.46. The Morgan fingerprint density at radius 3 is 2.62 bits per heavy atom. The zero-order valence-corrected chi connectivity index (χ0v) is 14.4. The third-order valence-corrected chi connectivity index (χ3v) is 4.71. The molecule has 1 aromatic heterocycles. The van der Waals surface area contributed by atoms with Crippen LogP contribution in [0.25, 0.3) is 22.4 Å². The molecule has 2 N–H and O–H groups in total. The highest BCUT2D eigenvalue weighted by molar-refractivity contribution is 9.10. The van der Waals surface area contributed by atoms with Crippen LogP contribution in [0, 0.1) is 6.92 Å². The predicted octanol–water partition coefficient (Wildman–Crippen LogP) is 5.42. The molecule has 0 bridgehead atoms. The smallest absolute Gasteiger partial charge is 0.230 e. The number of nitrogen functional groups attached to an aromatic ring is 1. The van der Waals surface area contributed by atoms with Gasteiger partial charge in [0.25, 0.3) is 0 Å². The molecule has 1 heterocycles. The molecule has 3 aromatic rings. The highest BCUT2D eigenvalue weighted by Gasteiger charge is 2.19. The molecular formula is C16H12Br2N2O. The molecule has 0 unspecified atom stereocenters. The van der Waals surface area contributed by atoms with Gasteiger partial charge < -0.3 is 10.3 Å². The number of rotatable bonds is 2. The van der Waals surface area contributed by atoms with E-state index in [1.165, 1.54) is 0 Å². The van der Waals surface area contributed by atoms with E-state index in [2.05, 4.69) is 37.0 Å². The van der Waals surface area contributed by atoms with Crippen molar-refractivity contribution in [2.24, 2.45) is 0 Å². The summed E-state index contributed by atoms with van der Waals surface area (Å²) in [4.78, 5) is 0. The SMILES string of the molecule is Cc1c(Br)cccc1-c1noc(N)c1-c1cccc(Br)c1. The minimum Gasteiger partial charge on any atom is -0.367 e. The molecule has 0 aliphatic carbocycles. The summed E-state index contributed by atoms with van der Waals surface area (Å²) < 4.78 is 7.25. The maximum Gasteiger partial charge on any atom is 0.230 e. The van der Waals surface area contributed by atoms with Gasteiger partial charge >= 0.3 is 0 Å². The Labute approximate surface area is 139 Å². The Hall–Kier alpha value is -1.59. The van der Waals surface area contributed by atoms with Crippen LogP contribution < -0.4 is 5.73 Å². The molecule has 0 atom stereocenters. The van der Waals surface area contributed by atoms with E-state index in [1.54, 1.807) is 0 Å². The van der Waals surface area contributed by atoms with E-state index < -0.39 is 0 Å². The van der Waals surface area contributed by atoms with Crippen molar-refractivity contribution in [1.82, 2.24) is 5.16 Å². The molecule has 3 nitrogen and oxygen atoms in total. The van der Waals surface area contributed by atoms with Crippen molar-refractivity contribution < 1.29 is 4.52 Å². The van der Waals surface area contributed by atoms with E-state index in [9.17, 15) is 0 Å². The van der Waals surface area contributed by atoms with Crippen molar-refractivity contribution in [1.29, 1.82) is 0 Å². The molecule has 2 aromatic carbocycles. The summed E-state index contributed by atoms with van der Waals surface area (Å²) in [5.74, 6) is 0.322. The van der Waals surface area contributed by atoms with E-state index in [0.29, 0.717) is 5.88 Å². The zero-order chi connectivity index (χ0) is 15.0. The highest BCUT2D eigenvalue weighted by atomic mass is 79.9. The van der Waals surface area contributed by atoms with Crippen LogP contribution >= 0.6 is 31.9 Å². The Bertz CT molecular complexity index is 812. The van der Waals surface area contributed by atoms with Crippen LogP contribution in [0.4, 0.5) is 5.88 Å². The monoisotopic (exact) mass is 406 g/mol. The predicted molar refractivity (Wildman–Crippen MR) is 91.9 cm³/mol. The molecule has 0 saturated carbocycles. The normalized spacial score (nSPS) is 10.8. The summed E-state index contributed by atoms with van der Waals surface area (Å²) in [7, 11) is 0. The molecule has 0 radical (unpaired) electrons. The van der Waals surface area contributed by atoms with Gasteiger partial charge in [0.2, 0.25) is 5.88 Å². The number of anilines is 1. The summed E-state index contributed by atoms with van der Waals surface area (Å²) in [6.45, 7) is 2.04. The quantitative estimate of drug-likeness (QED) is 0.616. The lowest BCUT2D eigenvalue weighted by atomic mass is 9.98. The molecule has 0 spiro atoms. The van der Waals surface area contributed by atoms with E-state index >= 15 is 0 Å². The van der Waals surface area contributed by atoms with Gasteiger partial charge in [-0.15, -0.1) is 0 Å². The van der Waals surface area contributed by atoms with Gasteiger partial charge in [-0.1, -0.05) is 61.3 Å². The molecule has 3 rings (SSSR count). The van der Waals surface area contributed by atoms with Gasteiger partial charge in [-0.2, -0.15) is 0 Å². The van der Waals surface area contributed by atoms with Crippen LogP contribution in [0.1, 0.15) is 5.56 Å². The fraction of sp³-hybridized carbons (Fsp3) is 0.0625. The second kappa shape index (κ2) is 5.66. The van der Waals surface area contributed by atoms with E-state index in [-0.39, 0.29) is 0 Å². The number of halogens is 2. The lowest BCUT2D eigenvalue weighted by Gasteiger charge is -2.07. The summed E-state index contributed by atoms with van der Waals surface area (Å²) in [5.41, 5.74) is 10.6. The van der Waals surface area contributed by atoms with Crippen molar-refractivity contribution >= 4 is 37.7 Å². The number of nitrogens with zero attached hydrogens (tertiary/aromatic N) is 1. The van der Waals surface area contributed by atoms with Gasteiger partial charge in [-0.25, -0.2) is 0 Å². The maximum atomic E-state index is 5.99. The minimum absolute atomic E-state index is 0.322. The number of hydrogen-bond donors (Lipinski definition) is 1. The van der Waals surface area contributed by atoms with Crippen molar-refractivity contribution in [3.63, 3.8) is 0 Å². The average Bonchev–Trinajstić information content (AvgIpc) is 2.83. The summed E-state index contributed by atoms with van der Waals surface area (Å²) in [6.07, 6.45) is 0. The third kappa shape index (κ3) is 2.63. The molecule has 0 saturated heterocycles. The van der Waals surface area contributed by atoms with Crippen molar-refractivity contribution in [3.05, 3.63) is 57.0 Å². The van der Waals surface area contributed by atoms with Crippen LogP contribution in [0.2, 0.25) is 0 Å². The first-order chi connectivity index (χ1) is 10.1. The van der Waals surface area contributed by atoms with Crippen LogP contribution in [-0.2, 0) is 0 Å². The van der Waals surface area contributed by atoms with Crippen LogP contribution in [0.5, 0.6) is 0 Å². The van der Waals surface area contributed by atoms with Gasteiger partial charge in [0.05, 0.1) is 5.56 Å². The Balaban J connectivity index is 2.24. The molecule has 0 fully saturated rings. The number of aromatic nitrogens is 1. The molecule has 0 aliphatic heterocycles. The van der Waals surface area contributed by atoms with Crippen molar-refractivity contribution in [3.8, 4) is 22.4 Å². The van der Waals surface area contributed by atoms with Gasteiger partial charge in [-0.05, 0) is 36.2 Å². The van der Waals surface area contributed by atoms with Crippen LogP contribution in [0.3, 0.4) is 0 Å². The summed E-state index contributed by atoms with van der Waals surface area (Å²) >= 11 is 7.03. The van der Waals surface area contributed by atoms with Gasteiger partial charge in [-0.3, -0.25) is 0 Å². The molecule has 106 valence electrons. The number of hydrogen-bond acceptors (Lipinski definition) is 3. The molecule has 0 aliphatic rings. The Kier molecular flexibility index (Phi) is 3.87. The molecule has 0 amide bonds. The third-order valence-electron chi connectivity index (χ3n) is 3.35. The van der Waals surface area contributed by atoms with E-state index in [0.717, 1.165) is 36.9 Å². The largest absolute Gasteiger partial charge is 0.367 e. The maximum absolute atomic E-state index is 5.99. The van der Waals surface area contributed by atoms with E-state index in [1.807, 2.05) is 49.4 Å². The first-order valence-corrected chi connectivity index (χ1v) is 7.93. The fourth-order valence-corrected chi connectivity index (χ4v) is 3.04. The summed E-state index contributed by atoms with van der Waals surface area (Å²) in [5, 5.41) is 4.16. The van der Waals surface area contributed by atoms with Gasteiger partial charge in [0.15, 0.2) is 0 Å². The lowest BCUT2D eigenvalue weighted by molar-refractivity contribution is 0.439. The first kappa shape index (κ1) is 14.4. The van der Waals surface area contributed by atoms with Crippen molar-refractivity contribution in [2.75, 3.05) is 5.73 Å². The van der Waals surface area contributed by atoms with Crippen LogP contribution in [-0.4, -0.2) is 5.16 Å². The average molecular weight is 408 g/mol. The fourth-order valence-electron chi connectivity index (χ4n) is 2.27. The Morgan fingerprint density at radius 1 is 1.10 bits per heavy atom. The first-order valence-electron chi connectivity index (χ1n) is 6.34. The van der Waals surface area contributed by atoms with Gasteiger partial charge in [0.1, 0.15) is 5.69 Å². The topological polar surface area (TPSA) is 52.0 Å². The molecular weight excluding hydrogens is 396 g/mol. The lowest BCUT2D eigenvalue weighted by Crippen LogP contribution is -1.90.